The third-order valence-corrected chi connectivity index (χ3v) is 11.6. The van der Waals surface area contributed by atoms with Crippen molar-refractivity contribution in [3.63, 3.8) is 0 Å². The predicted octanol–water partition coefficient (Wildman–Crippen LogP) is 12.1. The van der Waals surface area contributed by atoms with Gasteiger partial charge in [-0.3, -0.25) is 0 Å². The van der Waals surface area contributed by atoms with Gasteiger partial charge in [-0.1, -0.05) is 146 Å². The summed E-state index contributed by atoms with van der Waals surface area (Å²) < 4.78 is 18.8. The minimum absolute atomic E-state index is 0.376. The number of hydrogen-bond donors (Lipinski definition) is 0. The lowest BCUT2D eigenvalue weighted by Crippen LogP contribution is -2.42. The Morgan fingerprint density at radius 3 is 1.36 bits per heavy atom. The second-order valence-corrected chi connectivity index (χ2v) is 17.1. The molecule has 0 aliphatic rings. The molecule has 5 rings (SSSR count). The van der Waals surface area contributed by atoms with Gasteiger partial charge in [-0.15, -0.1) is 0 Å². The molecule has 0 saturated carbocycles. The summed E-state index contributed by atoms with van der Waals surface area (Å²) >= 11 is 41.9. The number of methoxy groups -OCH3 is 4. The predicted molar refractivity (Wildman–Crippen MR) is 214 cm³/mol. The Bertz CT molecular complexity index is 1800. The molecule has 0 aliphatic carbocycles. The molecular weight excluding hydrogens is 841 g/mol. The Balaban J connectivity index is 0.000000237. The number of halogens is 7. The largest absolute Gasteiger partial charge is 0.497 e. The van der Waals surface area contributed by atoms with Gasteiger partial charge in [0.2, 0.25) is 7.59 Å². The standard InChI is InChI=1S/C22H17BrCl3O2Si.C16H15Cl3O2/c1-27-15-9-7-14(8-10-15)21(29,22(24,25)26)19-12-11-16(28-2)13-18(19)17-5-3-4-6-20(17)23;1-20-13-7-3-11(4-8-13)15(16(17,18)19)12-5-9-14(21-2)10-6-12/h3-13H,1-2H3;3-10,15H,1-2H3. The highest BCUT2D eigenvalue weighted by atomic mass is 79.9. The molecule has 50 heavy (non-hydrogen) atoms. The van der Waals surface area contributed by atoms with Gasteiger partial charge in [0.15, 0.2) is 0 Å². The fourth-order valence-electron chi connectivity index (χ4n) is 5.36. The van der Waals surface area contributed by atoms with Gasteiger partial charge in [-0.25, -0.2) is 0 Å². The van der Waals surface area contributed by atoms with E-state index in [2.05, 4.69) is 26.2 Å². The molecule has 1 unspecified atom stereocenters. The lowest BCUT2D eigenvalue weighted by atomic mass is 9.85. The van der Waals surface area contributed by atoms with E-state index in [9.17, 15) is 0 Å². The van der Waals surface area contributed by atoms with E-state index in [1.807, 2.05) is 115 Å². The molecule has 4 nitrogen and oxygen atoms in total. The molecule has 1 atom stereocenters. The molecular formula is C38H32BrCl6O4Si. The second kappa shape index (κ2) is 17.5. The van der Waals surface area contributed by atoms with Gasteiger partial charge in [0, 0.05) is 4.47 Å². The topological polar surface area (TPSA) is 36.9 Å². The smallest absolute Gasteiger partial charge is 0.201 e. The van der Waals surface area contributed by atoms with Crippen LogP contribution < -0.4 is 18.9 Å². The van der Waals surface area contributed by atoms with E-state index in [0.29, 0.717) is 11.5 Å². The van der Waals surface area contributed by atoms with Crippen LogP contribution >= 0.6 is 85.5 Å². The number of alkyl halides is 6. The van der Waals surface area contributed by atoms with Crippen LogP contribution in [0.15, 0.2) is 120 Å². The van der Waals surface area contributed by atoms with Crippen LogP contribution in [0.5, 0.6) is 23.0 Å². The fraction of sp³-hybridized carbons (Fsp3) is 0.211. The van der Waals surface area contributed by atoms with E-state index in [4.69, 9.17) is 88.6 Å². The third-order valence-electron chi connectivity index (χ3n) is 7.97. The van der Waals surface area contributed by atoms with E-state index in [-0.39, 0.29) is 5.92 Å². The van der Waals surface area contributed by atoms with Gasteiger partial charge in [-0.2, -0.15) is 0 Å². The Labute approximate surface area is 335 Å². The SMILES string of the molecule is COc1ccc(C([Si])(c2ccc(OC)cc2-c2ccccc2Br)C(Cl)(Cl)Cl)cc1.COc1ccc(C(c2ccc(OC)cc2)C(Cl)(Cl)Cl)cc1. The first-order chi connectivity index (χ1) is 23.7. The summed E-state index contributed by atoms with van der Waals surface area (Å²) in [6, 6.07) is 36.0. The van der Waals surface area contributed by atoms with Crippen LogP contribution in [0, 0.1) is 0 Å². The fourth-order valence-corrected chi connectivity index (χ4v) is 7.63. The molecule has 0 saturated heterocycles. The van der Waals surface area contributed by atoms with Gasteiger partial charge in [0.1, 0.15) is 23.0 Å². The van der Waals surface area contributed by atoms with E-state index < -0.39 is 12.6 Å². The minimum Gasteiger partial charge on any atom is -0.497 e. The lowest BCUT2D eigenvalue weighted by Gasteiger charge is -2.39. The van der Waals surface area contributed by atoms with Crippen molar-refractivity contribution < 1.29 is 18.9 Å². The lowest BCUT2D eigenvalue weighted by molar-refractivity contribution is 0.414. The Morgan fingerprint density at radius 1 is 0.540 bits per heavy atom. The zero-order chi connectivity index (χ0) is 36.7. The average Bonchev–Trinajstić information content (AvgIpc) is 3.11. The van der Waals surface area contributed by atoms with Crippen molar-refractivity contribution in [3.05, 3.63) is 142 Å². The van der Waals surface area contributed by atoms with Gasteiger partial charge < -0.3 is 18.9 Å². The van der Waals surface area contributed by atoms with Crippen molar-refractivity contribution in [2.45, 2.75) is 18.5 Å². The summed E-state index contributed by atoms with van der Waals surface area (Å²) in [6.45, 7) is 0. The van der Waals surface area contributed by atoms with Crippen LogP contribution in [-0.2, 0) is 5.04 Å². The molecule has 0 aliphatic heterocycles. The minimum atomic E-state index is -1.71. The summed E-state index contributed by atoms with van der Waals surface area (Å²) in [4.78, 5) is 0. The summed E-state index contributed by atoms with van der Waals surface area (Å²) in [6.07, 6.45) is 0. The Kier molecular flexibility index (Phi) is 14.2. The normalized spacial score (nSPS) is 12.7. The van der Waals surface area contributed by atoms with Crippen LogP contribution in [0.4, 0.5) is 0 Å². The molecule has 0 bridgehead atoms. The van der Waals surface area contributed by atoms with Crippen LogP contribution in [0.3, 0.4) is 0 Å². The maximum atomic E-state index is 6.56. The van der Waals surface area contributed by atoms with Crippen molar-refractivity contribution in [3.8, 4) is 34.1 Å². The van der Waals surface area contributed by atoms with Crippen LogP contribution in [0.25, 0.3) is 11.1 Å². The Morgan fingerprint density at radius 2 is 0.960 bits per heavy atom. The van der Waals surface area contributed by atoms with Gasteiger partial charge >= 0.3 is 0 Å². The molecule has 0 heterocycles. The molecule has 5 aromatic rings. The summed E-state index contributed by atoms with van der Waals surface area (Å²) in [7, 11) is 10.3. The molecule has 0 aromatic heterocycles. The van der Waals surface area contributed by atoms with E-state index >= 15 is 0 Å². The molecule has 0 N–H and O–H groups in total. The highest BCUT2D eigenvalue weighted by Gasteiger charge is 2.48. The molecule has 0 amide bonds. The van der Waals surface area contributed by atoms with Crippen molar-refractivity contribution >= 4 is 95.8 Å². The molecule has 5 aromatic carbocycles. The number of benzene rings is 5. The number of ether oxygens (including phenoxy) is 4. The monoisotopic (exact) mass is 869 g/mol. The number of hydrogen-bond acceptors (Lipinski definition) is 4. The van der Waals surface area contributed by atoms with E-state index in [0.717, 1.165) is 49.4 Å². The maximum absolute atomic E-state index is 6.56. The first-order valence-electron chi connectivity index (χ1n) is 14.9. The molecule has 261 valence electrons. The van der Waals surface area contributed by atoms with E-state index in [1.54, 1.807) is 28.4 Å². The molecule has 0 fully saturated rings. The van der Waals surface area contributed by atoms with Crippen LogP contribution in [0.1, 0.15) is 28.2 Å². The van der Waals surface area contributed by atoms with Gasteiger partial charge in [0.05, 0.1) is 49.6 Å². The van der Waals surface area contributed by atoms with Crippen molar-refractivity contribution in [1.29, 1.82) is 0 Å². The van der Waals surface area contributed by atoms with Crippen LogP contribution in [-0.4, -0.2) is 46.3 Å². The van der Waals surface area contributed by atoms with Crippen molar-refractivity contribution in [2.24, 2.45) is 0 Å². The first kappa shape index (κ1) is 40.5. The highest BCUT2D eigenvalue weighted by molar-refractivity contribution is 9.10. The summed E-state index contributed by atoms with van der Waals surface area (Å²) in [5.74, 6) is 2.56. The maximum Gasteiger partial charge on any atom is 0.201 e. The van der Waals surface area contributed by atoms with E-state index in [1.165, 1.54) is 0 Å². The van der Waals surface area contributed by atoms with Crippen molar-refractivity contribution in [2.75, 3.05) is 28.4 Å². The third kappa shape index (κ3) is 9.39. The first-order valence-corrected chi connectivity index (χ1v) is 18.5. The second-order valence-electron chi connectivity index (χ2n) is 10.9. The quantitative estimate of drug-likeness (QED) is 0.109. The molecule has 12 heteroatoms. The highest BCUT2D eigenvalue weighted by Crippen LogP contribution is 2.52. The van der Waals surface area contributed by atoms with Crippen molar-refractivity contribution in [1.82, 2.24) is 0 Å². The molecule has 0 spiro atoms. The zero-order valence-corrected chi connectivity index (χ0v) is 34.4. The van der Waals surface area contributed by atoms with Gasteiger partial charge in [0.25, 0.3) is 0 Å². The molecule has 3 radical (unpaired) electrons. The van der Waals surface area contributed by atoms with Crippen LogP contribution in [0.2, 0.25) is 0 Å². The zero-order valence-electron chi connectivity index (χ0n) is 27.3. The summed E-state index contributed by atoms with van der Waals surface area (Å²) in [5.41, 5.74) is 5.18. The summed E-state index contributed by atoms with van der Waals surface area (Å²) in [5, 5.41) is -1.14. The Hall–Kier alpha value is -2.26. The number of rotatable bonds is 9. The average molecular weight is 873 g/mol. The van der Waals surface area contributed by atoms with Gasteiger partial charge in [-0.05, 0) is 88.0 Å².